The van der Waals surface area contributed by atoms with Crippen molar-refractivity contribution < 1.29 is 30.3 Å². The molecule has 4 aliphatic rings. The van der Waals surface area contributed by atoms with Gasteiger partial charge in [0.25, 0.3) is 0 Å². The standard InChI is InChI=1S/C30H54O6/c1-17(2)36-26-13-20-12-21(33)10-11-29(20,4)24-14-27(35)30(5)22(7-8-23(30)28(24)26)18(3)6-9-25(34)19(15-31)16-32/h17-28,31-35H,6-16H2,1-5H3/t18-,20+,21-,22?,23?,24?,25?,26-,27+,28?,29+,30-/m1/s1. The summed E-state index contributed by atoms with van der Waals surface area (Å²) in [6.07, 6.45) is 7.29. The Hall–Kier alpha value is -0.240. The Bertz CT molecular complexity index is 726. The van der Waals surface area contributed by atoms with Crippen molar-refractivity contribution in [2.24, 2.45) is 52.3 Å². The topological polar surface area (TPSA) is 110 Å². The number of hydrogen-bond acceptors (Lipinski definition) is 6. The first-order valence-electron chi connectivity index (χ1n) is 14.9. The van der Waals surface area contributed by atoms with Crippen LogP contribution in [0.15, 0.2) is 0 Å². The van der Waals surface area contributed by atoms with E-state index in [-0.39, 0.29) is 48.5 Å². The molecule has 0 heterocycles. The molecule has 0 amide bonds. The normalized spacial score (nSPS) is 46.3. The van der Waals surface area contributed by atoms with Crippen LogP contribution in [0.3, 0.4) is 0 Å². The Balaban J connectivity index is 1.57. The van der Waals surface area contributed by atoms with Crippen molar-refractivity contribution in [1.82, 2.24) is 0 Å². The van der Waals surface area contributed by atoms with E-state index in [4.69, 9.17) is 4.74 Å². The lowest BCUT2D eigenvalue weighted by atomic mass is 9.43. The van der Waals surface area contributed by atoms with Gasteiger partial charge in [-0.3, -0.25) is 0 Å². The largest absolute Gasteiger partial charge is 0.396 e. The van der Waals surface area contributed by atoms with Crippen LogP contribution in [-0.4, -0.2) is 69.3 Å². The molecule has 4 aliphatic carbocycles. The average molecular weight is 511 g/mol. The molecule has 5 N–H and O–H groups in total. The molecule has 0 bridgehead atoms. The van der Waals surface area contributed by atoms with Crippen LogP contribution >= 0.6 is 0 Å². The van der Waals surface area contributed by atoms with Crippen LogP contribution in [0.5, 0.6) is 0 Å². The Morgan fingerprint density at radius 2 is 1.58 bits per heavy atom. The summed E-state index contributed by atoms with van der Waals surface area (Å²) in [7, 11) is 0. The van der Waals surface area contributed by atoms with Gasteiger partial charge < -0.3 is 30.3 Å². The summed E-state index contributed by atoms with van der Waals surface area (Å²) in [5, 5.41) is 51.7. The number of fused-ring (bicyclic) bond motifs is 5. The van der Waals surface area contributed by atoms with Gasteiger partial charge in [0.2, 0.25) is 0 Å². The quantitative estimate of drug-likeness (QED) is 0.323. The number of rotatable bonds is 9. The first-order chi connectivity index (χ1) is 17.0. The fourth-order valence-corrected chi connectivity index (χ4v) is 9.77. The van der Waals surface area contributed by atoms with Crippen LogP contribution in [0.4, 0.5) is 0 Å². The van der Waals surface area contributed by atoms with Crippen LogP contribution in [0, 0.1) is 52.3 Å². The third-order valence-electron chi connectivity index (χ3n) is 11.9. The van der Waals surface area contributed by atoms with Crippen molar-refractivity contribution in [3.8, 4) is 0 Å². The molecule has 36 heavy (non-hydrogen) atoms. The van der Waals surface area contributed by atoms with Gasteiger partial charge in [-0.2, -0.15) is 0 Å². The highest BCUT2D eigenvalue weighted by molar-refractivity contribution is 5.14. The van der Waals surface area contributed by atoms with Crippen molar-refractivity contribution in [3.63, 3.8) is 0 Å². The fraction of sp³-hybridized carbons (Fsp3) is 1.00. The molecule has 210 valence electrons. The molecular weight excluding hydrogens is 456 g/mol. The number of aliphatic hydroxyl groups excluding tert-OH is 5. The van der Waals surface area contributed by atoms with Crippen molar-refractivity contribution in [2.75, 3.05) is 13.2 Å². The molecule has 0 saturated heterocycles. The second kappa shape index (κ2) is 11.1. The Morgan fingerprint density at radius 1 is 0.889 bits per heavy atom. The minimum absolute atomic E-state index is 0.153. The Labute approximate surface area is 218 Å². The molecule has 4 saturated carbocycles. The van der Waals surface area contributed by atoms with Gasteiger partial charge in [0, 0.05) is 5.92 Å². The third-order valence-corrected chi connectivity index (χ3v) is 11.9. The molecule has 0 aromatic carbocycles. The first-order valence-corrected chi connectivity index (χ1v) is 14.9. The van der Waals surface area contributed by atoms with Crippen LogP contribution in [0.2, 0.25) is 0 Å². The molecule has 6 heteroatoms. The summed E-state index contributed by atoms with van der Waals surface area (Å²) in [5.41, 5.74) is -0.0185. The van der Waals surface area contributed by atoms with E-state index in [2.05, 4.69) is 34.6 Å². The SMILES string of the molecule is CC(C)O[C@@H]1C[C@@H]2C[C@H](O)CC[C@]2(C)C2C[C@H](O)[C@@]3(C)C(CCC3[C@H](C)CCC(O)C(CO)CO)C21. The van der Waals surface area contributed by atoms with Crippen LogP contribution in [0.25, 0.3) is 0 Å². The first kappa shape index (κ1) is 28.8. The second-order valence-corrected chi connectivity index (χ2v) is 13.9. The van der Waals surface area contributed by atoms with E-state index in [1.807, 2.05) is 0 Å². The Morgan fingerprint density at radius 3 is 2.22 bits per heavy atom. The summed E-state index contributed by atoms with van der Waals surface area (Å²) < 4.78 is 6.66. The van der Waals surface area contributed by atoms with Crippen LogP contribution in [0.1, 0.15) is 92.4 Å². The highest BCUT2D eigenvalue weighted by Crippen LogP contribution is 2.68. The maximum Gasteiger partial charge on any atom is 0.0615 e. The molecule has 4 fully saturated rings. The Kier molecular flexibility index (Phi) is 8.86. The number of ether oxygens (including phenoxy) is 1. The summed E-state index contributed by atoms with van der Waals surface area (Å²) in [4.78, 5) is 0. The van der Waals surface area contributed by atoms with Crippen LogP contribution < -0.4 is 0 Å². The highest BCUT2D eigenvalue weighted by Gasteiger charge is 2.66. The zero-order valence-electron chi connectivity index (χ0n) is 23.4. The minimum Gasteiger partial charge on any atom is -0.396 e. The molecular formula is C30H54O6. The molecule has 4 rings (SSSR count). The van der Waals surface area contributed by atoms with E-state index in [0.29, 0.717) is 41.9 Å². The lowest BCUT2D eigenvalue weighted by molar-refractivity contribution is -0.222. The highest BCUT2D eigenvalue weighted by atomic mass is 16.5. The number of aliphatic hydroxyl groups is 5. The molecule has 0 aromatic heterocycles. The predicted octanol–water partition coefficient (Wildman–Crippen LogP) is 3.76. The van der Waals surface area contributed by atoms with Gasteiger partial charge in [-0.15, -0.1) is 0 Å². The summed E-state index contributed by atoms with van der Waals surface area (Å²) in [6, 6.07) is 0. The zero-order valence-corrected chi connectivity index (χ0v) is 23.4. The van der Waals surface area contributed by atoms with Crippen LogP contribution in [-0.2, 0) is 4.74 Å². The van der Waals surface area contributed by atoms with Crippen molar-refractivity contribution in [2.45, 2.75) is 123 Å². The molecule has 0 aromatic rings. The van der Waals surface area contributed by atoms with Gasteiger partial charge in [0.05, 0.1) is 43.7 Å². The zero-order chi connectivity index (χ0) is 26.4. The predicted molar refractivity (Wildman–Crippen MR) is 140 cm³/mol. The van der Waals surface area contributed by atoms with Gasteiger partial charge in [-0.05, 0) is 118 Å². The van der Waals surface area contributed by atoms with E-state index in [9.17, 15) is 25.5 Å². The fourth-order valence-electron chi connectivity index (χ4n) is 9.77. The van der Waals surface area contributed by atoms with Gasteiger partial charge in [-0.1, -0.05) is 20.8 Å². The molecule has 0 radical (unpaired) electrons. The van der Waals surface area contributed by atoms with Gasteiger partial charge in [0.1, 0.15) is 0 Å². The van der Waals surface area contributed by atoms with Crippen molar-refractivity contribution in [3.05, 3.63) is 0 Å². The molecule has 0 aliphatic heterocycles. The maximum absolute atomic E-state index is 11.9. The van der Waals surface area contributed by atoms with Crippen molar-refractivity contribution >= 4 is 0 Å². The third kappa shape index (κ3) is 4.93. The smallest absolute Gasteiger partial charge is 0.0615 e. The van der Waals surface area contributed by atoms with Gasteiger partial charge in [-0.25, -0.2) is 0 Å². The minimum atomic E-state index is -0.700. The molecule has 6 nitrogen and oxygen atoms in total. The molecule has 0 spiro atoms. The van der Waals surface area contributed by atoms with E-state index in [1.165, 1.54) is 0 Å². The maximum atomic E-state index is 11.9. The van der Waals surface area contributed by atoms with Gasteiger partial charge in [0.15, 0.2) is 0 Å². The van der Waals surface area contributed by atoms with E-state index in [0.717, 1.165) is 51.4 Å². The lowest BCUT2D eigenvalue weighted by Gasteiger charge is -2.64. The number of hydrogen-bond donors (Lipinski definition) is 5. The lowest BCUT2D eigenvalue weighted by Crippen LogP contribution is -2.63. The monoisotopic (exact) mass is 510 g/mol. The average Bonchev–Trinajstić information content (AvgIpc) is 3.18. The molecule has 5 unspecified atom stereocenters. The van der Waals surface area contributed by atoms with Crippen molar-refractivity contribution in [1.29, 1.82) is 0 Å². The van der Waals surface area contributed by atoms with E-state index >= 15 is 0 Å². The van der Waals surface area contributed by atoms with E-state index in [1.54, 1.807) is 0 Å². The van der Waals surface area contributed by atoms with E-state index < -0.39 is 12.0 Å². The second-order valence-electron chi connectivity index (χ2n) is 13.9. The summed E-state index contributed by atoms with van der Waals surface area (Å²) in [6.45, 7) is 10.9. The van der Waals surface area contributed by atoms with Gasteiger partial charge >= 0.3 is 0 Å². The summed E-state index contributed by atoms with van der Waals surface area (Å²) in [5.74, 6) is 1.97. The summed E-state index contributed by atoms with van der Waals surface area (Å²) >= 11 is 0. The molecule has 12 atom stereocenters.